The van der Waals surface area contributed by atoms with Crippen LogP contribution in [0.25, 0.3) is 10.9 Å². The monoisotopic (exact) mass is 338 g/mol. The van der Waals surface area contributed by atoms with E-state index in [-0.39, 0.29) is 0 Å². The summed E-state index contributed by atoms with van der Waals surface area (Å²) in [7, 11) is 0. The number of anilines is 1. The average Bonchev–Trinajstić information content (AvgIpc) is 2.64. The lowest BCUT2D eigenvalue weighted by atomic mass is 10.1. The molecule has 1 aromatic carbocycles. The van der Waals surface area contributed by atoms with Gasteiger partial charge in [0.15, 0.2) is 0 Å². The minimum atomic E-state index is 0.762. The van der Waals surface area contributed by atoms with Gasteiger partial charge in [-0.1, -0.05) is 11.6 Å². The summed E-state index contributed by atoms with van der Waals surface area (Å²) in [6, 6.07) is 12.2. The summed E-state index contributed by atoms with van der Waals surface area (Å²) in [6.45, 7) is 5.06. The van der Waals surface area contributed by atoms with Gasteiger partial charge < -0.3 is 4.90 Å². The Morgan fingerprint density at radius 1 is 0.917 bits per heavy atom. The molecule has 24 heavy (non-hydrogen) atoms. The van der Waals surface area contributed by atoms with Crippen LogP contribution in [0.1, 0.15) is 5.56 Å². The van der Waals surface area contributed by atoms with Crippen LogP contribution in [-0.4, -0.2) is 41.0 Å². The Bertz CT molecular complexity index is 829. The number of piperazine rings is 1. The van der Waals surface area contributed by atoms with Crippen LogP contribution in [-0.2, 0) is 6.54 Å². The molecule has 0 saturated carbocycles. The standard InChI is InChI=1S/C19H19ClN4/c20-17-3-4-18(19-16(17)2-1-7-22-19)24-12-10-23(11-13-24)14-15-5-8-21-9-6-15/h1-9H,10-14H2. The summed E-state index contributed by atoms with van der Waals surface area (Å²) in [4.78, 5) is 13.5. The van der Waals surface area contributed by atoms with Crippen LogP contribution in [0.2, 0.25) is 5.02 Å². The SMILES string of the molecule is Clc1ccc(N2CCN(Cc3ccncc3)CC2)c2ncccc12. The second kappa shape index (κ2) is 6.75. The molecule has 122 valence electrons. The second-order valence-corrected chi connectivity index (χ2v) is 6.49. The molecule has 3 aromatic rings. The average molecular weight is 339 g/mol. The molecule has 0 bridgehead atoms. The molecule has 4 nitrogen and oxygen atoms in total. The molecule has 1 aliphatic rings. The lowest BCUT2D eigenvalue weighted by Crippen LogP contribution is -2.46. The van der Waals surface area contributed by atoms with Gasteiger partial charge in [-0.3, -0.25) is 14.9 Å². The number of fused-ring (bicyclic) bond motifs is 1. The third kappa shape index (κ3) is 3.07. The Morgan fingerprint density at radius 3 is 2.50 bits per heavy atom. The fourth-order valence-electron chi connectivity index (χ4n) is 3.27. The molecule has 0 spiro atoms. The van der Waals surface area contributed by atoms with Gasteiger partial charge in [-0.25, -0.2) is 0 Å². The Hall–Kier alpha value is -2.17. The second-order valence-electron chi connectivity index (χ2n) is 6.08. The molecule has 0 aliphatic carbocycles. The zero-order chi connectivity index (χ0) is 16.4. The maximum atomic E-state index is 6.31. The fraction of sp³-hybridized carbons (Fsp3) is 0.263. The predicted octanol–water partition coefficient (Wildman–Crippen LogP) is 3.61. The topological polar surface area (TPSA) is 32.3 Å². The van der Waals surface area contributed by atoms with Crippen LogP contribution in [0.5, 0.6) is 0 Å². The Kier molecular flexibility index (Phi) is 4.32. The molecule has 0 unspecified atom stereocenters. The van der Waals surface area contributed by atoms with E-state index in [9.17, 15) is 0 Å². The highest BCUT2D eigenvalue weighted by Gasteiger charge is 2.19. The van der Waals surface area contributed by atoms with E-state index in [1.165, 1.54) is 11.3 Å². The first kappa shape index (κ1) is 15.4. The molecule has 5 heteroatoms. The van der Waals surface area contributed by atoms with E-state index in [1.807, 2.05) is 36.8 Å². The third-order valence-electron chi connectivity index (χ3n) is 4.56. The molecule has 2 aromatic heterocycles. The summed E-state index contributed by atoms with van der Waals surface area (Å²) >= 11 is 6.31. The summed E-state index contributed by atoms with van der Waals surface area (Å²) in [6.07, 6.45) is 5.55. The molecule has 0 radical (unpaired) electrons. The molecular weight excluding hydrogens is 320 g/mol. The number of nitrogens with zero attached hydrogens (tertiary/aromatic N) is 4. The van der Waals surface area contributed by atoms with E-state index in [0.717, 1.165) is 48.6 Å². The van der Waals surface area contributed by atoms with Crippen molar-refractivity contribution in [1.82, 2.24) is 14.9 Å². The smallest absolute Gasteiger partial charge is 0.0950 e. The number of rotatable bonds is 3. The van der Waals surface area contributed by atoms with Gasteiger partial charge in [-0.05, 0) is 42.0 Å². The molecule has 4 rings (SSSR count). The normalized spacial score (nSPS) is 15.8. The molecule has 1 aliphatic heterocycles. The van der Waals surface area contributed by atoms with E-state index in [1.54, 1.807) is 0 Å². The first-order valence-electron chi connectivity index (χ1n) is 8.21. The van der Waals surface area contributed by atoms with E-state index < -0.39 is 0 Å². The van der Waals surface area contributed by atoms with Crippen molar-refractivity contribution < 1.29 is 0 Å². The van der Waals surface area contributed by atoms with Crippen molar-refractivity contribution in [3.05, 3.63) is 65.6 Å². The van der Waals surface area contributed by atoms with E-state index in [0.29, 0.717) is 0 Å². The highest BCUT2D eigenvalue weighted by molar-refractivity contribution is 6.35. The molecule has 0 amide bonds. The number of aromatic nitrogens is 2. The summed E-state index contributed by atoms with van der Waals surface area (Å²) < 4.78 is 0. The van der Waals surface area contributed by atoms with Gasteiger partial charge in [0.2, 0.25) is 0 Å². The van der Waals surface area contributed by atoms with Crippen molar-refractivity contribution in [3.63, 3.8) is 0 Å². The zero-order valence-corrected chi connectivity index (χ0v) is 14.2. The highest BCUT2D eigenvalue weighted by atomic mass is 35.5. The minimum Gasteiger partial charge on any atom is -0.367 e. The lowest BCUT2D eigenvalue weighted by Gasteiger charge is -2.36. The van der Waals surface area contributed by atoms with Crippen LogP contribution in [0.15, 0.2) is 55.0 Å². The predicted molar refractivity (Wildman–Crippen MR) is 98.5 cm³/mol. The lowest BCUT2D eigenvalue weighted by molar-refractivity contribution is 0.250. The zero-order valence-electron chi connectivity index (χ0n) is 13.4. The maximum absolute atomic E-state index is 6.31. The highest BCUT2D eigenvalue weighted by Crippen LogP contribution is 2.31. The first-order chi connectivity index (χ1) is 11.8. The van der Waals surface area contributed by atoms with Crippen LogP contribution in [0.4, 0.5) is 5.69 Å². The molecular formula is C19H19ClN4. The van der Waals surface area contributed by atoms with Crippen LogP contribution < -0.4 is 4.90 Å². The Balaban J connectivity index is 1.49. The van der Waals surface area contributed by atoms with E-state index in [4.69, 9.17) is 11.6 Å². The maximum Gasteiger partial charge on any atom is 0.0950 e. The molecule has 3 heterocycles. The number of pyridine rings is 2. The van der Waals surface area contributed by atoms with Gasteiger partial charge in [0.25, 0.3) is 0 Å². The molecule has 1 saturated heterocycles. The third-order valence-corrected chi connectivity index (χ3v) is 4.89. The first-order valence-corrected chi connectivity index (χ1v) is 8.58. The van der Waals surface area contributed by atoms with Gasteiger partial charge in [-0.2, -0.15) is 0 Å². The van der Waals surface area contributed by atoms with Crippen molar-refractivity contribution in [2.75, 3.05) is 31.1 Å². The van der Waals surface area contributed by atoms with Crippen LogP contribution in [0, 0.1) is 0 Å². The van der Waals surface area contributed by atoms with Gasteiger partial charge in [0.05, 0.1) is 16.2 Å². The quantitative estimate of drug-likeness (QED) is 0.730. The van der Waals surface area contributed by atoms with Gasteiger partial charge in [-0.15, -0.1) is 0 Å². The Labute approximate surface area is 146 Å². The molecule has 0 atom stereocenters. The summed E-state index contributed by atoms with van der Waals surface area (Å²) in [5.74, 6) is 0. The van der Waals surface area contributed by atoms with E-state index >= 15 is 0 Å². The number of hydrogen-bond acceptors (Lipinski definition) is 4. The number of benzene rings is 1. The van der Waals surface area contributed by atoms with Crippen molar-refractivity contribution in [2.45, 2.75) is 6.54 Å². The number of hydrogen-bond donors (Lipinski definition) is 0. The summed E-state index contributed by atoms with van der Waals surface area (Å²) in [5.41, 5.74) is 3.49. The minimum absolute atomic E-state index is 0.762. The van der Waals surface area contributed by atoms with Gasteiger partial charge >= 0.3 is 0 Å². The van der Waals surface area contributed by atoms with E-state index in [2.05, 4.69) is 38.0 Å². The van der Waals surface area contributed by atoms with Crippen molar-refractivity contribution in [3.8, 4) is 0 Å². The summed E-state index contributed by atoms with van der Waals surface area (Å²) in [5, 5.41) is 1.79. The molecule has 1 fully saturated rings. The van der Waals surface area contributed by atoms with Crippen LogP contribution >= 0.6 is 11.6 Å². The van der Waals surface area contributed by atoms with Crippen molar-refractivity contribution in [1.29, 1.82) is 0 Å². The Morgan fingerprint density at radius 2 is 1.71 bits per heavy atom. The van der Waals surface area contributed by atoms with Crippen molar-refractivity contribution in [2.24, 2.45) is 0 Å². The fourth-order valence-corrected chi connectivity index (χ4v) is 3.49. The molecule has 0 N–H and O–H groups in total. The van der Waals surface area contributed by atoms with Crippen molar-refractivity contribution >= 4 is 28.2 Å². The van der Waals surface area contributed by atoms with Crippen LogP contribution in [0.3, 0.4) is 0 Å². The van der Waals surface area contributed by atoms with Gasteiger partial charge in [0, 0.05) is 56.7 Å². The van der Waals surface area contributed by atoms with Gasteiger partial charge in [0.1, 0.15) is 0 Å². The largest absolute Gasteiger partial charge is 0.367 e. The number of halogens is 1.